The van der Waals surface area contributed by atoms with Crippen LogP contribution < -0.4 is 5.32 Å². The summed E-state index contributed by atoms with van der Waals surface area (Å²) in [6.07, 6.45) is 1.61. The average Bonchev–Trinajstić information content (AvgIpc) is 2.88. The van der Waals surface area contributed by atoms with Gasteiger partial charge in [0.2, 0.25) is 0 Å². The number of rotatable bonds is 7. The molecule has 0 atom stereocenters. The van der Waals surface area contributed by atoms with Gasteiger partial charge < -0.3 is 10.1 Å². The van der Waals surface area contributed by atoms with Gasteiger partial charge in [0, 0.05) is 13.7 Å². The van der Waals surface area contributed by atoms with Gasteiger partial charge in [0.05, 0.1) is 24.7 Å². The molecule has 20 heavy (non-hydrogen) atoms. The second-order valence-electron chi connectivity index (χ2n) is 4.24. The van der Waals surface area contributed by atoms with Gasteiger partial charge in [-0.15, -0.1) is 0 Å². The zero-order valence-electron chi connectivity index (χ0n) is 11.1. The van der Waals surface area contributed by atoms with Gasteiger partial charge in [-0.2, -0.15) is 5.10 Å². The van der Waals surface area contributed by atoms with Crippen molar-refractivity contribution in [3.8, 4) is 0 Å². The lowest BCUT2D eigenvalue weighted by molar-refractivity contribution is 0.199. The quantitative estimate of drug-likeness (QED) is 0.793. The number of hydrogen-bond donors (Lipinski definition) is 1. The zero-order chi connectivity index (χ0) is 14.4. The third kappa shape index (κ3) is 4.00. The summed E-state index contributed by atoms with van der Waals surface area (Å²) in [7, 11) is 1.65. The van der Waals surface area contributed by atoms with Gasteiger partial charge in [0.25, 0.3) is 0 Å². The second-order valence-corrected chi connectivity index (χ2v) is 4.62. The third-order valence-corrected chi connectivity index (χ3v) is 3.14. The maximum absolute atomic E-state index is 13.3. The molecule has 0 unspecified atom stereocenters. The molecule has 0 saturated heterocycles. The Bertz CT molecular complexity index is 561. The van der Waals surface area contributed by atoms with Gasteiger partial charge in [0.15, 0.2) is 5.82 Å². The van der Waals surface area contributed by atoms with Crippen LogP contribution in [0.3, 0.4) is 0 Å². The minimum Gasteiger partial charge on any atom is -0.383 e. The van der Waals surface area contributed by atoms with E-state index in [-0.39, 0.29) is 5.02 Å². The van der Waals surface area contributed by atoms with E-state index in [0.29, 0.717) is 31.1 Å². The van der Waals surface area contributed by atoms with Crippen molar-refractivity contribution in [3.63, 3.8) is 0 Å². The van der Waals surface area contributed by atoms with Gasteiger partial charge in [-0.05, 0) is 11.6 Å². The highest BCUT2D eigenvalue weighted by Gasteiger charge is 2.07. The Morgan fingerprint density at radius 2 is 2.30 bits per heavy atom. The maximum atomic E-state index is 13.3. The smallest absolute Gasteiger partial charge is 0.164 e. The lowest BCUT2D eigenvalue weighted by atomic mass is 10.2. The molecule has 0 spiro atoms. The van der Waals surface area contributed by atoms with Crippen molar-refractivity contribution >= 4 is 11.6 Å². The third-order valence-electron chi connectivity index (χ3n) is 2.71. The first-order valence-electron chi connectivity index (χ1n) is 6.21. The van der Waals surface area contributed by atoms with Crippen molar-refractivity contribution in [2.45, 2.75) is 13.1 Å². The lowest BCUT2D eigenvalue weighted by Gasteiger charge is -2.04. The fourth-order valence-corrected chi connectivity index (χ4v) is 1.90. The fraction of sp³-hybridized carbons (Fsp3) is 0.385. The summed E-state index contributed by atoms with van der Waals surface area (Å²) < 4.78 is 19.9. The van der Waals surface area contributed by atoms with Gasteiger partial charge >= 0.3 is 0 Å². The summed E-state index contributed by atoms with van der Waals surface area (Å²) >= 11 is 5.91. The predicted octanol–water partition coefficient (Wildman–Crippen LogP) is 1.85. The van der Waals surface area contributed by atoms with Gasteiger partial charge in [-0.1, -0.05) is 23.7 Å². The number of ether oxygens (including phenoxy) is 1. The molecule has 108 valence electrons. The van der Waals surface area contributed by atoms with Crippen molar-refractivity contribution < 1.29 is 9.13 Å². The molecule has 0 bridgehead atoms. The van der Waals surface area contributed by atoms with Crippen LogP contribution in [0.1, 0.15) is 11.4 Å². The van der Waals surface area contributed by atoms with E-state index < -0.39 is 5.82 Å². The van der Waals surface area contributed by atoms with Crippen LogP contribution in [0.25, 0.3) is 0 Å². The summed E-state index contributed by atoms with van der Waals surface area (Å²) in [5.41, 5.74) is 0.676. The number of hydrogen-bond acceptors (Lipinski definition) is 4. The average molecular weight is 299 g/mol. The monoisotopic (exact) mass is 298 g/mol. The number of methoxy groups -OCH3 is 1. The van der Waals surface area contributed by atoms with Crippen LogP contribution in [0.15, 0.2) is 24.5 Å². The molecule has 1 heterocycles. The Kier molecular flexibility index (Phi) is 5.46. The Hall–Kier alpha value is -1.50. The van der Waals surface area contributed by atoms with E-state index in [1.807, 2.05) is 0 Å². The summed E-state index contributed by atoms with van der Waals surface area (Å²) in [4.78, 5) is 4.17. The van der Waals surface area contributed by atoms with E-state index in [0.717, 1.165) is 6.54 Å². The molecular weight excluding hydrogens is 283 g/mol. The van der Waals surface area contributed by atoms with Crippen LogP contribution >= 0.6 is 11.6 Å². The molecule has 0 saturated carbocycles. The van der Waals surface area contributed by atoms with Crippen molar-refractivity contribution in [2.75, 3.05) is 20.3 Å². The van der Waals surface area contributed by atoms with E-state index in [2.05, 4.69) is 15.4 Å². The van der Waals surface area contributed by atoms with Crippen molar-refractivity contribution in [1.82, 2.24) is 20.1 Å². The number of aromatic nitrogens is 3. The first-order chi connectivity index (χ1) is 9.70. The Morgan fingerprint density at radius 3 is 3.10 bits per heavy atom. The first-order valence-corrected chi connectivity index (χ1v) is 6.59. The van der Waals surface area contributed by atoms with E-state index in [9.17, 15) is 4.39 Å². The van der Waals surface area contributed by atoms with Crippen molar-refractivity contribution in [3.05, 3.63) is 46.8 Å². The molecule has 0 fully saturated rings. The van der Waals surface area contributed by atoms with Crippen LogP contribution in [0, 0.1) is 5.82 Å². The summed E-state index contributed by atoms with van der Waals surface area (Å²) in [6, 6.07) is 4.72. The molecule has 1 N–H and O–H groups in total. The molecule has 1 aromatic carbocycles. The van der Waals surface area contributed by atoms with Crippen LogP contribution in [0.4, 0.5) is 4.39 Å². The van der Waals surface area contributed by atoms with Gasteiger partial charge in [-0.3, -0.25) is 0 Å². The molecule has 2 rings (SSSR count). The normalized spacial score (nSPS) is 10.9. The van der Waals surface area contributed by atoms with Crippen molar-refractivity contribution in [1.29, 1.82) is 0 Å². The number of halogens is 2. The Balaban J connectivity index is 1.94. The topological polar surface area (TPSA) is 52.0 Å². The molecule has 1 aromatic heterocycles. The minimum atomic E-state index is -0.425. The minimum absolute atomic E-state index is 0.128. The zero-order valence-corrected chi connectivity index (χ0v) is 11.9. The maximum Gasteiger partial charge on any atom is 0.164 e. The highest BCUT2D eigenvalue weighted by molar-refractivity contribution is 6.31. The van der Waals surface area contributed by atoms with E-state index in [4.69, 9.17) is 16.3 Å². The van der Waals surface area contributed by atoms with Crippen LogP contribution in [-0.2, 0) is 17.8 Å². The first kappa shape index (κ1) is 14.9. The molecule has 0 amide bonds. The Labute approximate surface area is 121 Å². The van der Waals surface area contributed by atoms with Crippen LogP contribution in [0.5, 0.6) is 0 Å². The fourth-order valence-electron chi connectivity index (χ4n) is 1.71. The highest BCUT2D eigenvalue weighted by atomic mass is 35.5. The molecule has 0 aliphatic heterocycles. The van der Waals surface area contributed by atoms with Gasteiger partial charge in [-0.25, -0.2) is 14.1 Å². The number of benzene rings is 1. The van der Waals surface area contributed by atoms with E-state index in [1.54, 1.807) is 30.3 Å². The van der Waals surface area contributed by atoms with Crippen molar-refractivity contribution in [2.24, 2.45) is 0 Å². The molecule has 5 nitrogen and oxygen atoms in total. The largest absolute Gasteiger partial charge is 0.383 e. The van der Waals surface area contributed by atoms with E-state index in [1.165, 1.54) is 6.07 Å². The predicted molar refractivity (Wildman–Crippen MR) is 74.1 cm³/mol. The Morgan fingerprint density at radius 1 is 1.45 bits per heavy atom. The molecule has 7 heteroatoms. The number of nitrogens with zero attached hydrogens (tertiary/aromatic N) is 3. The standard InChI is InChI=1S/C13H16ClFN4O/c1-20-6-5-16-7-12-17-9-19(18-12)8-10-3-2-4-11(15)13(10)14/h2-4,9,16H,5-8H2,1H3. The molecular formula is C13H16ClFN4O. The summed E-state index contributed by atoms with van der Waals surface area (Å²) in [5.74, 6) is 0.249. The SMILES string of the molecule is COCCNCc1ncn(Cc2cccc(F)c2Cl)n1. The summed E-state index contributed by atoms with van der Waals surface area (Å²) in [6.45, 7) is 2.33. The van der Waals surface area contributed by atoms with E-state index >= 15 is 0 Å². The van der Waals surface area contributed by atoms with Gasteiger partial charge in [0.1, 0.15) is 12.1 Å². The van der Waals surface area contributed by atoms with Crippen LogP contribution in [0.2, 0.25) is 5.02 Å². The molecule has 2 aromatic rings. The second kappa shape index (κ2) is 7.33. The molecule has 0 aliphatic carbocycles. The van der Waals surface area contributed by atoms with Crippen LogP contribution in [-0.4, -0.2) is 35.0 Å². The molecule has 0 radical (unpaired) electrons. The lowest BCUT2D eigenvalue weighted by Crippen LogP contribution is -2.19. The molecule has 0 aliphatic rings. The highest BCUT2D eigenvalue weighted by Crippen LogP contribution is 2.20. The number of nitrogens with one attached hydrogen (secondary N) is 1. The summed E-state index contributed by atoms with van der Waals surface area (Å²) in [5, 5.41) is 7.57.